The van der Waals surface area contributed by atoms with E-state index < -0.39 is 5.91 Å². The van der Waals surface area contributed by atoms with Crippen LogP contribution in [0.5, 0.6) is 17.4 Å². The minimum absolute atomic E-state index is 0.112. The van der Waals surface area contributed by atoms with Gasteiger partial charge in [-0.1, -0.05) is 11.6 Å². The third kappa shape index (κ3) is 4.54. The molecule has 0 bridgehead atoms. The highest BCUT2D eigenvalue weighted by atomic mass is 35.5. The minimum atomic E-state index is -0.399. The summed E-state index contributed by atoms with van der Waals surface area (Å²) in [6, 6.07) is 8.27. The molecule has 0 saturated carbocycles. The molecule has 6 nitrogen and oxygen atoms in total. The van der Waals surface area contributed by atoms with E-state index in [0.29, 0.717) is 24.0 Å². The van der Waals surface area contributed by atoms with Crippen LogP contribution < -0.4 is 19.5 Å². The monoisotopic (exact) mass is 364 g/mol. The largest absolute Gasteiger partial charge is 0.497 e. The molecule has 2 rings (SSSR count). The Labute approximate surface area is 152 Å². The molecule has 1 atom stereocenters. The Morgan fingerprint density at radius 3 is 2.64 bits per heavy atom. The highest BCUT2D eigenvalue weighted by molar-refractivity contribution is 6.33. The molecule has 1 amide bonds. The Morgan fingerprint density at radius 1 is 1.24 bits per heavy atom. The molecule has 1 heterocycles. The second kappa shape index (κ2) is 8.58. The van der Waals surface area contributed by atoms with Crippen LogP contribution in [-0.4, -0.2) is 31.7 Å². The summed E-state index contributed by atoms with van der Waals surface area (Å²) >= 11 is 6.10. The lowest BCUT2D eigenvalue weighted by atomic mass is 10.1. The molecule has 1 unspecified atom stereocenters. The quantitative estimate of drug-likeness (QED) is 0.812. The molecule has 0 saturated heterocycles. The van der Waals surface area contributed by atoms with E-state index >= 15 is 0 Å². The van der Waals surface area contributed by atoms with Crippen LogP contribution in [0.4, 0.5) is 0 Å². The van der Waals surface area contributed by atoms with E-state index in [-0.39, 0.29) is 16.8 Å². The van der Waals surface area contributed by atoms with Crippen molar-refractivity contribution in [2.24, 2.45) is 0 Å². The van der Waals surface area contributed by atoms with Gasteiger partial charge in [-0.05, 0) is 38.1 Å². The van der Waals surface area contributed by atoms with Gasteiger partial charge in [0.15, 0.2) is 5.69 Å². The third-order valence-corrected chi connectivity index (χ3v) is 3.88. The Balaban J connectivity index is 2.24. The minimum Gasteiger partial charge on any atom is -0.497 e. The van der Waals surface area contributed by atoms with Crippen molar-refractivity contribution < 1.29 is 19.0 Å². The van der Waals surface area contributed by atoms with Gasteiger partial charge in [0.2, 0.25) is 5.88 Å². The van der Waals surface area contributed by atoms with E-state index in [1.165, 1.54) is 0 Å². The van der Waals surface area contributed by atoms with E-state index in [4.69, 9.17) is 25.8 Å². The van der Waals surface area contributed by atoms with Crippen LogP contribution in [0.1, 0.15) is 35.9 Å². The zero-order chi connectivity index (χ0) is 18.4. The van der Waals surface area contributed by atoms with Gasteiger partial charge in [-0.2, -0.15) is 0 Å². The molecule has 2 aromatic rings. The summed E-state index contributed by atoms with van der Waals surface area (Å²) in [6.07, 6.45) is 0. The number of rotatable bonds is 7. The summed E-state index contributed by atoms with van der Waals surface area (Å²) in [7, 11) is 3.15. The molecular formula is C18H21ClN2O4. The number of hydrogen-bond acceptors (Lipinski definition) is 5. The standard InChI is InChI=1S/C18H21ClN2O4/c1-5-25-16-9-7-14(19)17(21-16)18(22)20-11(2)13-10-12(23-3)6-8-15(13)24-4/h6-11H,5H2,1-4H3,(H,20,22). The molecule has 1 aromatic carbocycles. The second-order valence-corrected chi connectivity index (χ2v) is 5.62. The highest BCUT2D eigenvalue weighted by Crippen LogP contribution is 2.29. The summed E-state index contributed by atoms with van der Waals surface area (Å²) in [4.78, 5) is 16.7. The van der Waals surface area contributed by atoms with E-state index in [0.717, 1.165) is 5.56 Å². The maximum Gasteiger partial charge on any atom is 0.272 e. The molecule has 0 aliphatic rings. The number of pyridine rings is 1. The van der Waals surface area contributed by atoms with Crippen molar-refractivity contribution in [3.8, 4) is 17.4 Å². The van der Waals surface area contributed by atoms with Gasteiger partial charge in [0, 0.05) is 11.6 Å². The second-order valence-electron chi connectivity index (χ2n) is 5.22. The summed E-state index contributed by atoms with van der Waals surface area (Å²) in [5.41, 5.74) is 0.897. The van der Waals surface area contributed by atoms with Crippen LogP contribution in [0.25, 0.3) is 0 Å². The summed E-state index contributed by atoms with van der Waals surface area (Å²) in [6.45, 7) is 4.13. The average Bonchev–Trinajstić information content (AvgIpc) is 2.62. The van der Waals surface area contributed by atoms with Gasteiger partial charge in [0.1, 0.15) is 11.5 Å². The Kier molecular flexibility index (Phi) is 6.47. The number of nitrogens with one attached hydrogen (secondary N) is 1. The number of hydrogen-bond donors (Lipinski definition) is 1. The number of nitrogens with zero attached hydrogens (tertiary/aromatic N) is 1. The zero-order valence-electron chi connectivity index (χ0n) is 14.6. The lowest BCUT2D eigenvalue weighted by Crippen LogP contribution is -2.28. The Bertz CT molecular complexity index is 752. The van der Waals surface area contributed by atoms with Gasteiger partial charge in [-0.25, -0.2) is 4.98 Å². The first-order valence-corrected chi connectivity index (χ1v) is 8.20. The molecule has 134 valence electrons. The lowest BCUT2D eigenvalue weighted by molar-refractivity contribution is 0.0933. The van der Waals surface area contributed by atoms with Crippen molar-refractivity contribution in [2.45, 2.75) is 19.9 Å². The first-order chi connectivity index (χ1) is 12.0. The van der Waals surface area contributed by atoms with Gasteiger partial charge < -0.3 is 19.5 Å². The molecular weight excluding hydrogens is 344 g/mol. The van der Waals surface area contributed by atoms with Gasteiger partial charge in [-0.3, -0.25) is 4.79 Å². The normalized spacial score (nSPS) is 11.6. The van der Waals surface area contributed by atoms with Crippen molar-refractivity contribution in [1.82, 2.24) is 10.3 Å². The molecule has 25 heavy (non-hydrogen) atoms. The fourth-order valence-electron chi connectivity index (χ4n) is 2.33. The molecule has 0 spiro atoms. The van der Waals surface area contributed by atoms with Crippen LogP contribution in [-0.2, 0) is 0 Å². The average molecular weight is 365 g/mol. The number of carbonyl (C=O) groups excluding carboxylic acids is 1. The molecule has 1 aromatic heterocycles. The van der Waals surface area contributed by atoms with E-state index in [1.54, 1.807) is 38.5 Å². The van der Waals surface area contributed by atoms with Crippen molar-refractivity contribution in [3.63, 3.8) is 0 Å². The van der Waals surface area contributed by atoms with Crippen molar-refractivity contribution in [2.75, 3.05) is 20.8 Å². The number of amides is 1. The number of carbonyl (C=O) groups is 1. The fraction of sp³-hybridized carbons (Fsp3) is 0.333. The summed E-state index contributed by atoms with van der Waals surface area (Å²) in [5, 5.41) is 3.13. The van der Waals surface area contributed by atoms with E-state index in [1.807, 2.05) is 19.9 Å². The number of halogens is 1. The predicted octanol–water partition coefficient (Wildman–Crippen LogP) is 3.64. The van der Waals surface area contributed by atoms with Crippen LogP contribution in [0.15, 0.2) is 30.3 Å². The molecule has 1 N–H and O–H groups in total. The number of methoxy groups -OCH3 is 2. The Morgan fingerprint density at radius 2 is 2.00 bits per heavy atom. The fourth-order valence-corrected chi connectivity index (χ4v) is 2.52. The number of ether oxygens (including phenoxy) is 3. The maximum atomic E-state index is 12.6. The molecule has 0 fully saturated rings. The van der Waals surface area contributed by atoms with Crippen molar-refractivity contribution >= 4 is 17.5 Å². The molecule has 0 aliphatic carbocycles. The van der Waals surface area contributed by atoms with Gasteiger partial charge in [0.25, 0.3) is 5.91 Å². The molecule has 7 heteroatoms. The predicted molar refractivity (Wildman–Crippen MR) is 95.8 cm³/mol. The first-order valence-electron chi connectivity index (χ1n) is 7.82. The topological polar surface area (TPSA) is 69.7 Å². The summed E-state index contributed by atoms with van der Waals surface area (Å²) in [5.74, 6) is 1.27. The first kappa shape index (κ1) is 18.9. The van der Waals surface area contributed by atoms with Gasteiger partial charge in [-0.15, -0.1) is 0 Å². The summed E-state index contributed by atoms with van der Waals surface area (Å²) < 4.78 is 15.9. The highest BCUT2D eigenvalue weighted by Gasteiger charge is 2.19. The zero-order valence-corrected chi connectivity index (χ0v) is 15.4. The third-order valence-electron chi connectivity index (χ3n) is 3.58. The van der Waals surface area contributed by atoms with Crippen LogP contribution in [0, 0.1) is 0 Å². The van der Waals surface area contributed by atoms with Crippen molar-refractivity contribution in [3.05, 3.63) is 46.6 Å². The molecule has 0 aliphatic heterocycles. The van der Waals surface area contributed by atoms with Gasteiger partial charge >= 0.3 is 0 Å². The van der Waals surface area contributed by atoms with Crippen LogP contribution in [0.2, 0.25) is 5.02 Å². The smallest absolute Gasteiger partial charge is 0.272 e. The van der Waals surface area contributed by atoms with Crippen LogP contribution >= 0.6 is 11.6 Å². The SMILES string of the molecule is CCOc1ccc(Cl)c(C(=O)NC(C)c2cc(OC)ccc2OC)n1. The van der Waals surface area contributed by atoms with Crippen LogP contribution in [0.3, 0.4) is 0 Å². The molecule has 0 radical (unpaired) electrons. The number of aromatic nitrogens is 1. The van der Waals surface area contributed by atoms with E-state index in [9.17, 15) is 4.79 Å². The van der Waals surface area contributed by atoms with Gasteiger partial charge in [0.05, 0.1) is 31.9 Å². The lowest BCUT2D eigenvalue weighted by Gasteiger charge is -2.18. The van der Waals surface area contributed by atoms with Crippen molar-refractivity contribution in [1.29, 1.82) is 0 Å². The Hall–Kier alpha value is -2.47. The van der Waals surface area contributed by atoms with E-state index in [2.05, 4.69) is 10.3 Å². The maximum absolute atomic E-state index is 12.6. The number of benzene rings is 1.